The van der Waals surface area contributed by atoms with Crippen LogP contribution in [0.15, 0.2) is 22.2 Å². The van der Waals surface area contributed by atoms with Crippen LogP contribution < -0.4 is 0 Å². The quantitative estimate of drug-likeness (QED) is 0.736. The molecule has 0 aliphatic heterocycles. The number of aliphatic hydroxyl groups is 2. The molecule has 90 valence electrons. The van der Waals surface area contributed by atoms with Gasteiger partial charge in [-0.15, -0.1) is 0 Å². The van der Waals surface area contributed by atoms with Crippen molar-refractivity contribution in [3.05, 3.63) is 22.2 Å². The van der Waals surface area contributed by atoms with Gasteiger partial charge in [0.1, 0.15) is 0 Å². The molecule has 2 N–H and O–H groups in total. The smallest absolute Gasteiger partial charge is 0.161 e. The number of carbonyl (C=O) groups is 1. The minimum Gasteiger partial charge on any atom is -0.396 e. The lowest BCUT2D eigenvalue weighted by molar-refractivity contribution is -0.115. The first-order valence-electron chi connectivity index (χ1n) is 5.51. The Morgan fingerprint density at radius 2 is 2.31 bits per heavy atom. The molecule has 1 rings (SSSR count). The van der Waals surface area contributed by atoms with Gasteiger partial charge in [0.25, 0.3) is 0 Å². The van der Waals surface area contributed by atoms with E-state index in [2.05, 4.69) is 15.9 Å². The first kappa shape index (κ1) is 13.6. The van der Waals surface area contributed by atoms with Gasteiger partial charge in [0, 0.05) is 19.4 Å². The third kappa shape index (κ3) is 4.60. The Labute approximate surface area is 104 Å². The standard InChI is InChI=1S/C12H17BrO3/c13-10(4-2-1-3-5-14)6-9-7-11(15)8-12(9)16/h4,7,11,14-15H,1-3,5-6,8H2. The van der Waals surface area contributed by atoms with Crippen molar-refractivity contribution in [3.63, 3.8) is 0 Å². The molecule has 0 radical (unpaired) electrons. The molecule has 0 heterocycles. The van der Waals surface area contributed by atoms with E-state index in [9.17, 15) is 9.90 Å². The van der Waals surface area contributed by atoms with Crippen molar-refractivity contribution < 1.29 is 15.0 Å². The summed E-state index contributed by atoms with van der Waals surface area (Å²) in [7, 11) is 0. The van der Waals surface area contributed by atoms with E-state index >= 15 is 0 Å². The van der Waals surface area contributed by atoms with Gasteiger partial charge >= 0.3 is 0 Å². The van der Waals surface area contributed by atoms with Crippen molar-refractivity contribution in [2.75, 3.05) is 6.61 Å². The van der Waals surface area contributed by atoms with Crippen LogP contribution in [0.5, 0.6) is 0 Å². The molecule has 0 spiro atoms. The molecule has 16 heavy (non-hydrogen) atoms. The van der Waals surface area contributed by atoms with Crippen LogP contribution in [0.2, 0.25) is 0 Å². The molecule has 0 aromatic carbocycles. The van der Waals surface area contributed by atoms with Crippen LogP contribution in [-0.2, 0) is 4.79 Å². The average molecular weight is 289 g/mol. The van der Waals surface area contributed by atoms with Crippen LogP contribution in [0.1, 0.15) is 32.1 Å². The lowest BCUT2D eigenvalue weighted by Crippen LogP contribution is -2.01. The summed E-state index contributed by atoms with van der Waals surface area (Å²) >= 11 is 3.41. The Morgan fingerprint density at radius 3 is 2.88 bits per heavy atom. The van der Waals surface area contributed by atoms with E-state index in [1.54, 1.807) is 6.08 Å². The number of unbranched alkanes of at least 4 members (excludes halogenated alkanes) is 2. The van der Waals surface area contributed by atoms with Gasteiger partial charge in [0.2, 0.25) is 0 Å². The molecule has 1 atom stereocenters. The van der Waals surface area contributed by atoms with Crippen LogP contribution >= 0.6 is 15.9 Å². The van der Waals surface area contributed by atoms with Gasteiger partial charge in [-0.25, -0.2) is 0 Å². The zero-order valence-corrected chi connectivity index (χ0v) is 10.7. The molecule has 1 unspecified atom stereocenters. The minimum absolute atomic E-state index is 0.0354. The average Bonchev–Trinajstić information content (AvgIpc) is 2.52. The molecule has 1 aliphatic rings. The second-order valence-electron chi connectivity index (χ2n) is 3.93. The Kier molecular flexibility index (Phi) is 5.95. The Hall–Kier alpha value is -0.450. The van der Waals surface area contributed by atoms with E-state index in [0.717, 1.165) is 23.7 Å². The number of ketones is 1. The zero-order valence-electron chi connectivity index (χ0n) is 9.16. The van der Waals surface area contributed by atoms with Crippen LogP contribution in [0.3, 0.4) is 0 Å². The molecule has 0 saturated heterocycles. The number of Topliss-reactive ketones (excluding diaryl/α,β-unsaturated/α-hetero) is 1. The number of allylic oxidation sites excluding steroid dienone is 3. The molecule has 3 nitrogen and oxygen atoms in total. The highest BCUT2D eigenvalue weighted by atomic mass is 79.9. The Bertz CT molecular complexity index is 307. The summed E-state index contributed by atoms with van der Waals surface area (Å²) in [6.45, 7) is 0.224. The molecule has 0 aromatic rings. The number of rotatable bonds is 6. The van der Waals surface area contributed by atoms with Crippen LogP contribution in [0, 0.1) is 0 Å². The van der Waals surface area contributed by atoms with Crippen molar-refractivity contribution >= 4 is 21.7 Å². The van der Waals surface area contributed by atoms with E-state index in [4.69, 9.17) is 5.11 Å². The summed E-state index contributed by atoms with van der Waals surface area (Å²) in [5.41, 5.74) is 0.692. The number of carbonyl (C=O) groups excluding carboxylic acids is 1. The topological polar surface area (TPSA) is 57.5 Å². The van der Waals surface area contributed by atoms with Crippen molar-refractivity contribution in [1.82, 2.24) is 0 Å². The third-order valence-electron chi connectivity index (χ3n) is 2.48. The van der Waals surface area contributed by atoms with Gasteiger partial charge in [-0.05, 0) is 35.4 Å². The van der Waals surface area contributed by atoms with Crippen LogP contribution in [-0.4, -0.2) is 28.7 Å². The van der Waals surface area contributed by atoms with Gasteiger partial charge in [-0.3, -0.25) is 4.79 Å². The molecular formula is C12H17BrO3. The van der Waals surface area contributed by atoms with Gasteiger partial charge < -0.3 is 10.2 Å². The molecule has 0 fully saturated rings. The van der Waals surface area contributed by atoms with Crippen molar-refractivity contribution in [3.8, 4) is 0 Å². The molecule has 4 heteroatoms. The highest BCUT2D eigenvalue weighted by Gasteiger charge is 2.21. The molecular weight excluding hydrogens is 272 g/mol. The highest BCUT2D eigenvalue weighted by Crippen LogP contribution is 2.24. The second-order valence-corrected chi connectivity index (χ2v) is 4.95. The first-order valence-corrected chi connectivity index (χ1v) is 6.30. The van der Waals surface area contributed by atoms with E-state index in [-0.39, 0.29) is 18.8 Å². The van der Waals surface area contributed by atoms with Crippen molar-refractivity contribution in [2.45, 2.75) is 38.2 Å². The Balaban J connectivity index is 2.36. The molecule has 0 saturated carbocycles. The summed E-state index contributed by atoms with van der Waals surface area (Å²) in [5, 5.41) is 17.9. The van der Waals surface area contributed by atoms with Crippen molar-refractivity contribution in [2.24, 2.45) is 0 Å². The van der Waals surface area contributed by atoms with E-state index < -0.39 is 6.10 Å². The number of halogens is 1. The van der Waals surface area contributed by atoms with E-state index in [1.165, 1.54) is 0 Å². The predicted molar refractivity (Wildman–Crippen MR) is 66.3 cm³/mol. The fraction of sp³-hybridized carbons (Fsp3) is 0.583. The molecule has 0 bridgehead atoms. The first-order chi connectivity index (χ1) is 7.63. The fourth-order valence-electron chi connectivity index (χ4n) is 1.63. The van der Waals surface area contributed by atoms with Crippen LogP contribution in [0.25, 0.3) is 0 Å². The largest absolute Gasteiger partial charge is 0.396 e. The number of aliphatic hydroxyl groups excluding tert-OH is 2. The van der Waals surface area contributed by atoms with E-state index in [0.29, 0.717) is 12.0 Å². The normalized spacial score (nSPS) is 21.4. The summed E-state index contributed by atoms with van der Waals surface area (Å²) in [6.07, 6.45) is 6.48. The monoisotopic (exact) mass is 288 g/mol. The van der Waals surface area contributed by atoms with Crippen LogP contribution in [0.4, 0.5) is 0 Å². The maximum absolute atomic E-state index is 11.4. The van der Waals surface area contributed by atoms with E-state index in [1.807, 2.05) is 6.08 Å². The maximum atomic E-state index is 11.4. The number of hydrogen-bond donors (Lipinski definition) is 2. The minimum atomic E-state index is -0.600. The van der Waals surface area contributed by atoms with Gasteiger partial charge in [0.05, 0.1) is 6.10 Å². The third-order valence-corrected chi connectivity index (χ3v) is 3.09. The second kappa shape index (κ2) is 6.99. The summed E-state index contributed by atoms with van der Waals surface area (Å²) < 4.78 is 0.971. The lowest BCUT2D eigenvalue weighted by atomic mass is 10.1. The lowest BCUT2D eigenvalue weighted by Gasteiger charge is -2.00. The molecule has 0 amide bonds. The van der Waals surface area contributed by atoms with Gasteiger partial charge in [-0.2, -0.15) is 0 Å². The van der Waals surface area contributed by atoms with Gasteiger partial charge in [0.15, 0.2) is 5.78 Å². The zero-order chi connectivity index (χ0) is 12.0. The summed E-state index contributed by atoms with van der Waals surface area (Å²) in [4.78, 5) is 11.4. The SMILES string of the molecule is O=C1CC(O)C=C1CC(Br)=CCCCCO. The molecule has 0 aromatic heterocycles. The number of hydrogen-bond acceptors (Lipinski definition) is 3. The highest BCUT2D eigenvalue weighted by molar-refractivity contribution is 9.11. The molecule has 1 aliphatic carbocycles. The van der Waals surface area contributed by atoms with Gasteiger partial charge in [-0.1, -0.05) is 22.0 Å². The van der Waals surface area contributed by atoms with Crippen molar-refractivity contribution in [1.29, 1.82) is 0 Å². The maximum Gasteiger partial charge on any atom is 0.161 e. The Morgan fingerprint density at radius 1 is 1.56 bits per heavy atom. The summed E-state index contributed by atoms with van der Waals surface area (Å²) in [5.74, 6) is 0.0354. The summed E-state index contributed by atoms with van der Waals surface area (Å²) in [6, 6.07) is 0. The predicted octanol–water partition coefficient (Wildman–Crippen LogP) is 2.08. The fourth-order valence-corrected chi connectivity index (χ4v) is 2.16.